The zero-order valence-corrected chi connectivity index (χ0v) is 18.9. The molecular weight excluding hydrogens is 482 g/mol. The fourth-order valence-electron chi connectivity index (χ4n) is 2.59. The van der Waals surface area contributed by atoms with Crippen LogP contribution in [0.1, 0.15) is 16.7 Å². The van der Waals surface area contributed by atoms with Crippen LogP contribution < -0.4 is 15.5 Å². The standard InChI is InChI=1S/C23H19BrClN3O3/c1-15-11-18(24)7-10-21(15)27-22(29)23(30)28-26-13-17-3-2-4-20(12-17)31-14-16-5-8-19(25)9-6-16/h2-13H,14H2,1H3,(H,27,29)(H,28,30)/b26-13+. The van der Waals surface area contributed by atoms with Crippen molar-refractivity contribution < 1.29 is 14.3 Å². The maximum atomic E-state index is 12.0. The summed E-state index contributed by atoms with van der Waals surface area (Å²) in [5, 5.41) is 7.07. The minimum Gasteiger partial charge on any atom is -0.489 e. The molecule has 0 fully saturated rings. The first-order valence-corrected chi connectivity index (χ1v) is 10.5. The van der Waals surface area contributed by atoms with Gasteiger partial charge in [-0.25, -0.2) is 5.43 Å². The van der Waals surface area contributed by atoms with Gasteiger partial charge in [-0.05, 0) is 66.1 Å². The summed E-state index contributed by atoms with van der Waals surface area (Å²) in [6.07, 6.45) is 1.44. The van der Waals surface area contributed by atoms with E-state index in [0.29, 0.717) is 28.6 Å². The lowest BCUT2D eigenvalue weighted by atomic mass is 10.2. The number of aryl methyl sites for hydroxylation is 1. The van der Waals surface area contributed by atoms with Gasteiger partial charge in [-0.15, -0.1) is 0 Å². The molecule has 0 aliphatic rings. The van der Waals surface area contributed by atoms with Gasteiger partial charge in [0.05, 0.1) is 6.21 Å². The molecule has 0 atom stereocenters. The highest BCUT2D eigenvalue weighted by Gasteiger charge is 2.14. The van der Waals surface area contributed by atoms with Crippen molar-refractivity contribution in [2.24, 2.45) is 5.10 Å². The number of ether oxygens (including phenoxy) is 1. The summed E-state index contributed by atoms with van der Waals surface area (Å²) in [5.74, 6) is -1.02. The topological polar surface area (TPSA) is 79.8 Å². The SMILES string of the molecule is Cc1cc(Br)ccc1NC(=O)C(=O)N/N=C/c1cccc(OCc2ccc(Cl)cc2)c1. The Hall–Kier alpha value is -3.16. The maximum Gasteiger partial charge on any atom is 0.329 e. The van der Waals surface area contributed by atoms with Gasteiger partial charge in [0.25, 0.3) is 0 Å². The number of anilines is 1. The molecule has 0 spiro atoms. The molecule has 158 valence electrons. The Morgan fingerprint density at radius 1 is 1.06 bits per heavy atom. The maximum absolute atomic E-state index is 12.0. The fourth-order valence-corrected chi connectivity index (χ4v) is 3.20. The lowest BCUT2D eigenvalue weighted by Gasteiger charge is -2.08. The van der Waals surface area contributed by atoms with E-state index >= 15 is 0 Å². The van der Waals surface area contributed by atoms with E-state index in [9.17, 15) is 9.59 Å². The Labute approximate surface area is 193 Å². The van der Waals surface area contributed by atoms with Crippen molar-refractivity contribution in [2.45, 2.75) is 13.5 Å². The summed E-state index contributed by atoms with van der Waals surface area (Å²) < 4.78 is 6.65. The van der Waals surface area contributed by atoms with Crippen LogP contribution in [0.2, 0.25) is 5.02 Å². The van der Waals surface area contributed by atoms with Crippen LogP contribution in [0.3, 0.4) is 0 Å². The summed E-state index contributed by atoms with van der Waals surface area (Å²) in [6.45, 7) is 2.22. The minimum absolute atomic E-state index is 0.393. The third kappa shape index (κ3) is 6.94. The molecule has 3 aromatic carbocycles. The number of amides is 2. The van der Waals surface area contributed by atoms with Crippen molar-refractivity contribution in [1.29, 1.82) is 0 Å². The number of hydrogen-bond acceptors (Lipinski definition) is 4. The molecule has 0 saturated carbocycles. The van der Waals surface area contributed by atoms with E-state index in [1.54, 1.807) is 36.4 Å². The van der Waals surface area contributed by atoms with Gasteiger partial charge in [-0.3, -0.25) is 9.59 Å². The van der Waals surface area contributed by atoms with Gasteiger partial charge in [0, 0.05) is 15.2 Å². The van der Waals surface area contributed by atoms with E-state index in [0.717, 1.165) is 15.6 Å². The van der Waals surface area contributed by atoms with Crippen molar-refractivity contribution in [3.63, 3.8) is 0 Å². The fraction of sp³-hybridized carbons (Fsp3) is 0.0870. The van der Waals surface area contributed by atoms with Crippen LogP contribution in [-0.2, 0) is 16.2 Å². The summed E-state index contributed by atoms with van der Waals surface area (Å²) in [7, 11) is 0. The Balaban J connectivity index is 1.52. The van der Waals surface area contributed by atoms with E-state index in [1.165, 1.54) is 6.21 Å². The Morgan fingerprint density at radius 3 is 2.58 bits per heavy atom. The molecule has 2 amide bonds. The van der Waals surface area contributed by atoms with Gasteiger partial charge in [0.1, 0.15) is 12.4 Å². The average molecular weight is 501 g/mol. The molecule has 0 aliphatic heterocycles. The largest absolute Gasteiger partial charge is 0.489 e. The van der Waals surface area contributed by atoms with Crippen LogP contribution in [0.25, 0.3) is 0 Å². The first-order valence-electron chi connectivity index (χ1n) is 9.28. The van der Waals surface area contributed by atoms with E-state index in [1.807, 2.05) is 37.3 Å². The number of rotatable bonds is 6. The number of hydrazone groups is 1. The number of halogens is 2. The van der Waals surface area contributed by atoms with Crippen molar-refractivity contribution in [1.82, 2.24) is 5.43 Å². The van der Waals surface area contributed by atoms with Gasteiger partial charge in [-0.1, -0.05) is 51.8 Å². The molecular formula is C23H19BrClN3O3. The van der Waals surface area contributed by atoms with Gasteiger partial charge < -0.3 is 10.1 Å². The molecule has 2 N–H and O–H groups in total. The molecule has 3 rings (SSSR count). The molecule has 0 bridgehead atoms. The van der Waals surface area contributed by atoms with Crippen molar-refractivity contribution >= 4 is 51.2 Å². The van der Waals surface area contributed by atoms with Crippen molar-refractivity contribution in [2.75, 3.05) is 5.32 Å². The van der Waals surface area contributed by atoms with Gasteiger partial charge in [-0.2, -0.15) is 5.10 Å². The number of nitrogens with zero attached hydrogens (tertiary/aromatic N) is 1. The first kappa shape index (κ1) is 22.5. The summed E-state index contributed by atoms with van der Waals surface area (Å²) >= 11 is 9.23. The van der Waals surface area contributed by atoms with E-state index in [2.05, 4.69) is 31.8 Å². The van der Waals surface area contributed by atoms with Crippen molar-refractivity contribution in [3.05, 3.63) is 92.9 Å². The first-order chi connectivity index (χ1) is 14.9. The zero-order valence-electron chi connectivity index (χ0n) is 16.6. The molecule has 3 aromatic rings. The van der Waals surface area contributed by atoms with Crippen LogP contribution in [0.4, 0.5) is 5.69 Å². The van der Waals surface area contributed by atoms with Gasteiger partial charge in [0.15, 0.2) is 0 Å². The van der Waals surface area contributed by atoms with E-state index in [-0.39, 0.29) is 0 Å². The van der Waals surface area contributed by atoms with Gasteiger partial charge in [0.2, 0.25) is 0 Å². The highest BCUT2D eigenvalue weighted by Crippen LogP contribution is 2.20. The molecule has 6 nitrogen and oxygen atoms in total. The second-order valence-electron chi connectivity index (χ2n) is 6.60. The molecule has 0 aliphatic carbocycles. The Bertz CT molecular complexity index is 1120. The average Bonchev–Trinajstić information content (AvgIpc) is 2.75. The monoisotopic (exact) mass is 499 g/mol. The number of nitrogens with one attached hydrogen (secondary N) is 2. The smallest absolute Gasteiger partial charge is 0.329 e. The predicted octanol–water partition coefficient (Wildman–Crippen LogP) is 5.08. The van der Waals surface area contributed by atoms with Crippen LogP contribution in [-0.4, -0.2) is 18.0 Å². The van der Waals surface area contributed by atoms with E-state index in [4.69, 9.17) is 16.3 Å². The lowest BCUT2D eigenvalue weighted by molar-refractivity contribution is -0.136. The van der Waals surface area contributed by atoms with Gasteiger partial charge >= 0.3 is 11.8 Å². The second-order valence-corrected chi connectivity index (χ2v) is 7.95. The predicted molar refractivity (Wildman–Crippen MR) is 125 cm³/mol. The van der Waals surface area contributed by atoms with Crippen molar-refractivity contribution in [3.8, 4) is 5.75 Å². The summed E-state index contributed by atoms with van der Waals surface area (Å²) in [4.78, 5) is 24.0. The third-order valence-corrected chi connectivity index (χ3v) is 4.94. The van der Waals surface area contributed by atoms with Crippen LogP contribution >= 0.6 is 27.5 Å². The number of carbonyl (C=O) groups excluding carboxylic acids is 2. The zero-order chi connectivity index (χ0) is 22.2. The normalized spacial score (nSPS) is 10.7. The minimum atomic E-state index is -0.867. The molecule has 0 aromatic heterocycles. The second kappa shape index (κ2) is 10.7. The van der Waals surface area contributed by atoms with Crippen LogP contribution in [0.15, 0.2) is 76.3 Å². The molecule has 0 saturated heterocycles. The van der Waals surface area contributed by atoms with Crippen LogP contribution in [0, 0.1) is 6.92 Å². The molecule has 0 radical (unpaired) electrons. The highest BCUT2D eigenvalue weighted by atomic mass is 79.9. The summed E-state index contributed by atoms with van der Waals surface area (Å²) in [5.41, 5.74) is 5.30. The number of carbonyl (C=O) groups is 2. The quantitative estimate of drug-likeness (QED) is 0.281. The molecule has 0 heterocycles. The number of benzene rings is 3. The lowest BCUT2D eigenvalue weighted by Crippen LogP contribution is -2.32. The molecule has 8 heteroatoms. The summed E-state index contributed by atoms with van der Waals surface area (Å²) in [6, 6.07) is 19.9. The van der Waals surface area contributed by atoms with E-state index < -0.39 is 11.8 Å². The third-order valence-electron chi connectivity index (χ3n) is 4.20. The highest BCUT2D eigenvalue weighted by molar-refractivity contribution is 9.10. The molecule has 31 heavy (non-hydrogen) atoms. The Morgan fingerprint density at radius 2 is 1.84 bits per heavy atom. The number of hydrogen-bond donors (Lipinski definition) is 2. The Kier molecular flexibility index (Phi) is 7.81. The van der Waals surface area contributed by atoms with Crippen LogP contribution in [0.5, 0.6) is 5.75 Å². The molecule has 0 unspecified atom stereocenters.